The second kappa shape index (κ2) is 16.4. The molecule has 0 fully saturated rings. The van der Waals surface area contributed by atoms with Gasteiger partial charge in [0.2, 0.25) is 0 Å². The number of benzene rings is 8. The lowest BCUT2D eigenvalue weighted by Gasteiger charge is -2.13. The van der Waals surface area contributed by atoms with Crippen LogP contribution in [0.2, 0.25) is 0 Å². The van der Waals surface area contributed by atoms with Gasteiger partial charge in [0.1, 0.15) is 0 Å². The van der Waals surface area contributed by atoms with E-state index in [-0.39, 0.29) is 0 Å². The molecule has 0 bridgehead atoms. The molecule has 8 aromatic carbocycles. The third-order valence-corrected chi connectivity index (χ3v) is 13.3. The second-order valence-corrected chi connectivity index (χ2v) is 17.3. The number of rotatable bonds is 8. The maximum Gasteiger partial charge on any atom is 0.0702 e. The van der Waals surface area contributed by atoms with Gasteiger partial charge in [-0.15, -0.1) is 0 Å². The van der Waals surface area contributed by atoms with Crippen molar-refractivity contribution < 1.29 is 0 Å². The molecule has 5 aromatic heterocycles. The van der Waals surface area contributed by atoms with Crippen LogP contribution in [0, 0.1) is 0 Å². The van der Waals surface area contributed by atoms with Gasteiger partial charge in [-0.2, -0.15) is 0 Å². The number of pyridine rings is 3. The summed E-state index contributed by atoms with van der Waals surface area (Å²) in [7, 11) is 0. The van der Waals surface area contributed by atoms with Crippen LogP contribution < -0.4 is 0 Å². The van der Waals surface area contributed by atoms with Crippen molar-refractivity contribution in [2.24, 2.45) is 0 Å². The monoisotopic (exact) mass is 867 g/mol. The molecule has 5 nitrogen and oxygen atoms in total. The van der Waals surface area contributed by atoms with Crippen LogP contribution in [0.5, 0.6) is 0 Å². The van der Waals surface area contributed by atoms with Gasteiger partial charge in [-0.3, -0.25) is 15.0 Å². The fraction of sp³-hybridized carbons (Fsp3) is 0. The Hall–Kier alpha value is -9.19. The fourth-order valence-electron chi connectivity index (χ4n) is 10.0. The topological polar surface area (TPSA) is 48.5 Å². The van der Waals surface area contributed by atoms with Crippen LogP contribution in [-0.2, 0) is 0 Å². The van der Waals surface area contributed by atoms with Crippen molar-refractivity contribution in [3.63, 3.8) is 0 Å². The van der Waals surface area contributed by atoms with E-state index in [1.807, 2.05) is 55.0 Å². The van der Waals surface area contributed by atoms with E-state index in [1.165, 1.54) is 32.7 Å². The van der Waals surface area contributed by atoms with Crippen molar-refractivity contribution in [3.8, 4) is 78.5 Å². The van der Waals surface area contributed by atoms with Gasteiger partial charge in [-0.05, 0) is 149 Å². The van der Waals surface area contributed by atoms with E-state index in [4.69, 9.17) is 4.98 Å². The van der Waals surface area contributed by atoms with Crippen molar-refractivity contribution in [2.45, 2.75) is 0 Å². The molecule has 0 spiro atoms. The molecule has 0 atom stereocenters. The molecule has 0 saturated carbocycles. The smallest absolute Gasteiger partial charge is 0.0702 e. The summed E-state index contributed by atoms with van der Waals surface area (Å²) in [5, 5.41) is 4.74. The quantitative estimate of drug-likeness (QED) is 0.153. The Kier molecular flexibility index (Phi) is 9.43. The number of aromatic nitrogens is 5. The van der Waals surface area contributed by atoms with Crippen LogP contribution in [0.3, 0.4) is 0 Å². The second-order valence-electron chi connectivity index (χ2n) is 17.3. The van der Waals surface area contributed by atoms with Crippen molar-refractivity contribution in [1.82, 2.24) is 24.1 Å². The zero-order valence-electron chi connectivity index (χ0n) is 36.9. The molecule has 0 N–H and O–H groups in total. The highest BCUT2D eigenvalue weighted by molar-refractivity contribution is 6.13. The van der Waals surface area contributed by atoms with E-state index < -0.39 is 0 Å². The Labute approximate surface area is 393 Å². The van der Waals surface area contributed by atoms with Crippen molar-refractivity contribution in [1.29, 1.82) is 0 Å². The zero-order valence-corrected chi connectivity index (χ0v) is 36.9. The minimum atomic E-state index is 0.947. The van der Waals surface area contributed by atoms with Gasteiger partial charge >= 0.3 is 0 Å². The molecule has 5 heterocycles. The largest absolute Gasteiger partial charge is 0.309 e. The van der Waals surface area contributed by atoms with Crippen molar-refractivity contribution in [2.75, 3.05) is 0 Å². The van der Waals surface area contributed by atoms with Crippen LogP contribution in [0.15, 0.2) is 249 Å². The Balaban J connectivity index is 0.988. The molecule has 0 amide bonds. The van der Waals surface area contributed by atoms with Gasteiger partial charge < -0.3 is 9.13 Å². The lowest BCUT2D eigenvalue weighted by Crippen LogP contribution is -1.98. The predicted molar refractivity (Wildman–Crippen MR) is 281 cm³/mol. The molecule has 0 radical (unpaired) electrons. The molecule has 13 rings (SSSR count). The molecule has 0 aliphatic heterocycles. The molecular formula is C63H41N5. The third kappa shape index (κ3) is 6.84. The minimum Gasteiger partial charge on any atom is -0.309 e. The summed E-state index contributed by atoms with van der Waals surface area (Å²) < 4.78 is 4.84. The normalized spacial score (nSPS) is 11.5. The molecule has 0 unspecified atom stereocenters. The first kappa shape index (κ1) is 39.2. The minimum absolute atomic E-state index is 0.947. The van der Waals surface area contributed by atoms with Crippen LogP contribution >= 0.6 is 0 Å². The van der Waals surface area contributed by atoms with Gasteiger partial charge in [0.25, 0.3) is 0 Å². The summed E-state index contributed by atoms with van der Waals surface area (Å²) in [4.78, 5) is 14.0. The van der Waals surface area contributed by atoms with Crippen LogP contribution in [-0.4, -0.2) is 24.1 Å². The first-order valence-corrected chi connectivity index (χ1v) is 23.0. The van der Waals surface area contributed by atoms with Gasteiger partial charge in [0, 0.05) is 68.2 Å². The molecule has 5 heteroatoms. The van der Waals surface area contributed by atoms with Crippen LogP contribution in [0.1, 0.15) is 0 Å². The van der Waals surface area contributed by atoms with Gasteiger partial charge in [0.05, 0.1) is 39.1 Å². The lowest BCUT2D eigenvalue weighted by molar-refractivity contribution is 1.13. The zero-order chi connectivity index (χ0) is 45.0. The molecule has 0 aliphatic rings. The third-order valence-electron chi connectivity index (χ3n) is 13.3. The van der Waals surface area contributed by atoms with E-state index in [0.717, 1.165) is 89.5 Å². The molecule has 13 aromatic rings. The standard InChI is InChI=1S/C63H41N5/c1-2-13-42(14-3-1)45-24-28-60-53(37-45)54-38-46(43-15-10-17-48(35-43)57-21-4-7-32-64-57)25-29-61(54)67(60)51-19-12-20-52(41-51)68-62-30-26-47(44-16-11-18-49(36-44)58-22-5-8-33-65-58)39-55(62)56-40-50(27-31-63(56)68)59-23-6-9-34-66-59/h1-41H. The number of fused-ring (bicyclic) bond motifs is 6. The van der Waals surface area contributed by atoms with E-state index in [2.05, 4.69) is 213 Å². The maximum atomic E-state index is 4.74. The summed E-state index contributed by atoms with van der Waals surface area (Å²) in [6.07, 6.45) is 5.56. The van der Waals surface area contributed by atoms with E-state index in [1.54, 1.807) is 0 Å². The van der Waals surface area contributed by atoms with Gasteiger partial charge in [-0.25, -0.2) is 0 Å². The summed E-state index contributed by atoms with van der Waals surface area (Å²) in [6, 6.07) is 82.7. The number of hydrogen-bond acceptors (Lipinski definition) is 3. The fourth-order valence-corrected chi connectivity index (χ4v) is 10.0. The number of hydrogen-bond donors (Lipinski definition) is 0. The van der Waals surface area contributed by atoms with Crippen molar-refractivity contribution >= 4 is 43.6 Å². The summed E-state index contributed by atoms with van der Waals surface area (Å²) >= 11 is 0. The Bertz CT molecular complexity index is 3750. The summed E-state index contributed by atoms with van der Waals surface area (Å²) in [6.45, 7) is 0. The lowest BCUT2D eigenvalue weighted by atomic mass is 9.98. The Morgan fingerprint density at radius 2 is 0.544 bits per heavy atom. The first-order valence-electron chi connectivity index (χ1n) is 23.0. The highest BCUT2D eigenvalue weighted by Crippen LogP contribution is 2.41. The summed E-state index contributed by atoms with van der Waals surface area (Å²) in [5.74, 6) is 0. The maximum absolute atomic E-state index is 4.74. The van der Waals surface area contributed by atoms with E-state index in [0.29, 0.717) is 0 Å². The average Bonchev–Trinajstić information content (AvgIpc) is 3.93. The van der Waals surface area contributed by atoms with Crippen LogP contribution in [0.25, 0.3) is 122 Å². The van der Waals surface area contributed by atoms with Crippen molar-refractivity contribution in [3.05, 3.63) is 249 Å². The average molecular weight is 868 g/mol. The number of nitrogens with zero attached hydrogens (tertiary/aromatic N) is 5. The van der Waals surface area contributed by atoms with Crippen LogP contribution in [0.4, 0.5) is 0 Å². The molecule has 318 valence electrons. The Morgan fingerprint density at radius 3 is 0.971 bits per heavy atom. The van der Waals surface area contributed by atoms with Gasteiger partial charge in [0.15, 0.2) is 0 Å². The highest BCUT2D eigenvalue weighted by Gasteiger charge is 2.19. The molecule has 0 aliphatic carbocycles. The Morgan fingerprint density at radius 1 is 0.221 bits per heavy atom. The SMILES string of the molecule is c1ccc(-c2ccc3c(c2)c2cc(-c4cccc(-c5ccccn5)c4)ccc2n3-c2cccc(-n3c4ccc(-c5cccc(-c6ccccn6)c5)cc4c4cc(-c5ccccn5)ccc43)c2)cc1. The van der Waals surface area contributed by atoms with Gasteiger partial charge in [-0.1, -0.05) is 115 Å². The predicted octanol–water partition coefficient (Wildman–Crippen LogP) is 16.1. The van der Waals surface area contributed by atoms with E-state index >= 15 is 0 Å². The van der Waals surface area contributed by atoms with E-state index in [9.17, 15) is 0 Å². The summed E-state index contributed by atoms with van der Waals surface area (Å²) in [5.41, 5.74) is 19.8. The molecular weight excluding hydrogens is 827 g/mol. The molecule has 68 heavy (non-hydrogen) atoms. The highest BCUT2D eigenvalue weighted by atomic mass is 15.0. The molecule has 0 saturated heterocycles. The first-order chi connectivity index (χ1) is 33.7.